The van der Waals surface area contributed by atoms with Crippen LogP contribution in [0, 0.1) is 0 Å². The Hall–Kier alpha value is -4.20. The van der Waals surface area contributed by atoms with Crippen LogP contribution in [0.15, 0.2) is 76.6 Å². The van der Waals surface area contributed by atoms with Gasteiger partial charge in [-0.3, -0.25) is 9.59 Å². The molecule has 3 aromatic rings. The molecule has 1 atom stereocenters. The number of amides is 1. The van der Waals surface area contributed by atoms with Crippen LogP contribution in [0.3, 0.4) is 0 Å². The lowest BCUT2D eigenvalue weighted by molar-refractivity contribution is -0.129. The topological polar surface area (TPSA) is 109 Å². The molecule has 1 aliphatic heterocycles. The Bertz CT molecular complexity index is 1200. The quantitative estimate of drug-likeness (QED) is 0.503. The maximum atomic E-state index is 13.1. The molecule has 0 radical (unpaired) electrons. The average Bonchev–Trinajstić information content (AvgIpc) is 3.45. The van der Waals surface area contributed by atoms with Crippen LogP contribution < -0.4 is 9.47 Å². The monoisotopic (exact) mass is 449 g/mol. The van der Waals surface area contributed by atoms with Crippen LogP contribution in [0.5, 0.6) is 17.2 Å². The lowest BCUT2D eigenvalue weighted by Gasteiger charge is -2.27. The van der Waals surface area contributed by atoms with Crippen molar-refractivity contribution in [1.82, 2.24) is 4.90 Å². The van der Waals surface area contributed by atoms with E-state index in [0.29, 0.717) is 23.5 Å². The molecule has 1 unspecified atom stereocenters. The van der Waals surface area contributed by atoms with Gasteiger partial charge in [-0.25, -0.2) is 0 Å². The van der Waals surface area contributed by atoms with Crippen molar-refractivity contribution in [2.75, 3.05) is 20.8 Å². The highest BCUT2D eigenvalue weighted by molar-refractivity contribution is 6.15. The predicted molar refractivity (Wildman–Crippen MR) is 119 cm³/mol. The molecule has 0 saturated carbocycles. The Kier molecular flexibility index (Phi) is 6.08. The highest BCUT2D eigenvalue weighted by atomic mass is 16.5. The number of aromatic hydroxyl groups is 1. The second-order valence-corrected chi connectivity index (χ2v) is 7.50. The molecule has 2 aromatic carbocycles. The molecule has 0 spiro atoms. The average molecular weight is 449 g/mol. The lowest BCUT2D eigenvalue weighted by Crippen LogP contribution is -2.33. The van der Waals surface area contributed by atoms with Gasteiger partial charge < -0.3 is 29.0 Å². The zero-order valence-corrected chi connectivity index (χ0v) is 18.1. The Morgan fingerprint density at radius 3 is 2.39 bits per heavy atom. The molecule has 0 aliphatic carbocycles. The summed E-state index contributed by atoms with van der Waals surface area (Å²) in [5.74, 6) is -0.608. The highest BCUT2D eigenvalue weighted by Gasteiger charge is 2.44. The van der Waals surface area contributed by atoms with Crippen molar-refractivity contribution in [2.24, 2.45) is 0 Å². The maximum Gasteiger partial charge on any atom is 0.290 e. The number of nitrogens with zero attached hydrogens (tertiary/aromatic N) is 1. The van der Waals surface area contributed by atoms with Crippen molar-refractivity contribution in [2.45, 2.75) is 12.5 Å². The minimum Gasteiger partial charge on any atom is -0.508 e. The number of rotatable bonds is 8. The van der Waals surface area contributed by atoms with Gasteiger partial charge in [-0.1, -0.05) is 18.2 Å². The molecule has 2 heterocycles. The summed E-state index contributed by atoms with van der Waals surface area (Å²) in [7, 11) is 3.09. The fraction of sp³-hybridized carbons (Fsp3) is 0.200. The van der Waals surface area contributed by atoms with Crippen molar-refractivity contribution in [3.05, 3.63) is 89.1 Å². The summed E-state index contributed by atoms with van der Waals surface area (Å²) in [6.07, 6.45) is 1.79. The van der Waals surface area contributed by atoms with E-state index >= 15 is 0 Å². The molecule has 1 aliphatic rings. The van der Waals surface area contributed by atoms with Crippen LogP contribution >= 0.6 is 0 Å². The van der Waals surface area contributed by atoms with Gasteiger partial charge in [0, 0.05) is 6.54 Å². The highest BCUT2D eigenvalue weighted by Crippen LogP contribution is 2.39. The van der Waals surface area contributed by atoms with Gasteiger partial charge in [0.25, 0.3) is 5.91 Å². The number of phenols is 1. The van der Waals surface area contributed by atoms with Crippen LogP contribution in [0.4, 0.5) is 0 Å². The molecule has 1 aromatic heterocycles. The van der Waals surface area contributed by atoms with Crippen molar-refractivity contribution >= 4 is 11.7 Å². The van der Waals surface area contributed by atoms with Gasteiger partial charge in [-0.15, -0.1) is 0 Å². The maximum absolute atomic E-state index is 13.1. The van der Waals surface area contributed by atoms with Gasteiger partial charge >= 0.3 is 0 Å². The number of hydrogen-bond donors (Lipinski definition) is 2. The van der Waals surface area contributed by atoms with Crippen LogP contribution in [0.1, 0.15) is 27.7 Å². The van der Waals surface area contributed by atoms with E-state index in [-0.39, 0.29) is 23.6 Å². The number of hydrogen-bond acceptors (Lipinski definition) is 7. The van der Waals surface area contributed by atoms with Gasteiger partial charge in [0.2, 0.25) is 5.78 Å². The zero-order chi connectivity index (χ0) is 23.5. The van der Waals surface area contributed by atoms with Gasteiger partial charge in [0.1, 0.15) is 5.75 Å². The number of carbonyl (C=O) groups excluding carboxylic acids is 2. The molecule has 33 heavy (non-hydrogen) atoms. The first kappa shape index (κ1) is 22.0. The van der Waals surface area contributed by atoms with E-state index in [1.54, 1.807) is 38.5 Å². The van der Waals surface area contributed by atoms with E-state index in [4.69, 9.17) is 13.9 Å². The molecule has 0 bridgehead atoms. The number of aliphatic hydroxyl groups is 1. The lowest BCUT2D eigenvalue weighted by atomic mass is 9.95. The SMILES string of the molecule is COc1ccc(CCN2C(=O)C(O)=C(C(=O)c3ccco3)C2c2ccc(O)cc2)cc1OC. The molecule has 8 nitrogen and oxygen atoms in total. The summed E-state index contributed by atoms with van der Waals surface area (Å²) in [5.41, 5.74) is 1.40. The van der Waals surface area contributed by atoms with Crippen LogP contribution in [0.2, 0.25) is 0 Å². The van der Waals surface area contributed by atoms with Crippen molar-refractivity contribution < 1.29 is 33.7 Å². The first-order valence-corrected chi connectivity index (χ1v) is 10.3. The Labute approximate surface area is 190 Å². The number of methoxy groups -OCH3 is 2. The summed E-state index contributed by atoms with van der Waals surface area (Å²) in [5, 5.41) is 20.4. The van der Waals surface area contributed by atoms with Gasteiger partial charge in [0.15, 0.2) is 23.0 Å². The number of Topliss-reactive ketones (excluding diaryl/α,β-unsaturated/α-hetero) is 1. The molecule has 0 fully saturated rings. The molecule has 8 heteroatoms. The Morgan fingerprint density at radius 1 is 1.03 bits per heavy atom. The number of carbonyl (C=O) groups is 2. The first-order valence-electron chi connectivity index (χ1n) is 10.3. The van der Waals surface area contributed by atoms with E-state index in [0.717, 1.165) is 5.56 Å². The zero-order valence-electron chi connectivity index (χ0n) is 18.1. The van der Waals surface area contributed by atoms with Crippen LogP contribution in [-0.2, 0) is 11.2 Å². The van der Waals surface area contributed by atoms with Crippen molar-refractivity contribution in [1.29, 1.82) is 0 Å². The molecule has 0 saturated heterocycles. The fourth-order valence-corrected chi connectivity index (χ4v) is 3.95. The first-order chi connectivity index (χ1) is 15.9. The molecule has 170 valence electrons. The summed E-state index contributed by atoms with van der Waals surface area (Å²) in [6, 6.07) is 13.8. The second kappa shape index (κ2) is 9.12. The third kappa shape index (κ3) is 4.15. The summed E-state index contributed by atoms with van der Waals surface area (Å²) >= 11 is 0. The van der Waals surface area contributed by atoms with Crippen molar-refractivity contribution in [3.8, 4) is 17.2 Å². The minimum atomic E-state index is -0.837. The van der Waals surface area contributed by atoms with Crippen molar-refractivity contribution in [3.63, 3.8) is 0 Å². The number of ether oxygens (including phenoxy) is 2. The van der Waals surface area contributed by atoms with Crippen LogP contribution in [0.25, 0.3) is 0 Å². The fourth-order valence-electron chi connectivity index (χ4n) is 3.95. The van der Waals surface area contributed by atoms with E-state index in [1.807, 2.05) is 12.1 Å². The van der Waals surface area contributed by atoms with Crippen LogP contribution in [-0.4, -0.2) is 47.6 Å². The molecular formula is C25H23NO7. The molecule has 1 amide bonds. The third-order valence-electron chi connectivity index (χ3n) is 5.59. The number of phenolic OH excluding ortho intramolecular Hbond substituents is 1. The largest absolute Gasteiger partial charge is 0.508 e. The van der Waals surface area contributed by atoms with E-state index in [9.17, 15) is 19.8 Å². The Morgan fingerprint density at radius 2 is 1.76 bits per heavy atom. The van der Waals surface area contributed by atoms with E-state index in [1.165, 1.54) is 29.4 Å². The molecular weight excluding hydrogens is 426 g/mol. The molecule has 4 rings (SSSR count). The third-order valence-corrected chi connectivity index (χ3v) is 5.59. The summed E-state index contributed by atoms with van der Waals surface area (Å²) in [6.45, 7) is 0.221. The molecule has 2 N–H and O–H groups in total. The predicted octanol–water partition coefficient (Wildman–Crippen LogP) is 3.82. The van der Waals surface area contributed by atoms with E-state index < -0.39 is 23.5 Å². The number of furan rings is 1. The number of ketones is 1. The number of benzene rings is 2. The number of aliphatic hydroxyl groups excluding tert-OH is 1. The summed E-state index contributed by atoms with van der Waals surface area (Å²) < 4.78 is 15.8. The van der Waals surface area contributed by atoms with E-state index in [2.05, 4.69) is 0 Å². The second-order valence-electron chi connectivity index (χ2n) is 7.50. The standard InChI is InChI=1S/C25H23NO7/c1-31-18-10-5-15(14-20(18)32-2)11-12-26-22(16-6-8-17(27)9-7-16)21(24(29)25(26)30)23(28)19-4-3-13-33-19/h3-10,13-14,22,27,29H,11-12H2,1-2H3. The normalized spacial score (nSPS) is 15.8. The smallest absolute Gasteiger partial charge is 0.290 e. The van der Waals surface area contributed by atoms with Gasteiger partial charge in [0.05, 0.1) is 32.1 Å². The Balaban J connectivity index is 1.67. The van der Waals surface area contributed by atoms with Gasteiger partial charge in [-0.2, -0.15) is 0 Å². The van der Waals surface area contributed by atoms with Gasteiger partial charge in [-0.05, 0) is 53.9 Å². The summed E-state index contributed by atoms with van der Waals surface area (Å²) in [4.78, 5) is 27.6. The minimum absolute atomic E-state index is 0.0230.